The lowest BCUT2D eigenvalue weighted by molar-refractivity contribution is 0.0996. The quantitative estimate of drug-likeness (QED) is 0.617. The average Bonchev–Trinajstić information content (AvgIpc) is 2.98. The van der Waals surface area contributed by atoms with Gasteiger partial charge < -0.3 is 4.74 Å². The molecule has 0 aromatic carbocycles. The Morgan fingerprint density at radius 3 is 2.95 bits per heavy atom. The summed E-state index contributed by atoms with van der Waals surface area (Å²) in [5, 5.41) is 5.03. The van der Waals surface area contributed by atoms with E-state index in [0.717, 1.165) is 37.1 Å². The highest BCUT2D eigenvalue weighted by Gasteiger charge is 2.20. The summed E-state index contributed by atoms with van der Waals surface area (Å²) < 4.78 is 7.35. The number of aryl methyl sites for hydroxylation is 2. The zero-order chi connectivity index (χ0) is 13.8. The fraction of sp³-hybridized carbons (Fsp3) is 0.769. The van der Waals surface area contributed by atoms with Crippen LogP contribution in [-0.4, -0.2) is 28.5 Å². The van der Waals surface area contributed by atoms with Gasteiger partial charge in [-0.15, -0.1) is 0 Å². The highest BCUT2D eigenvalue weighted by atomic mass is 35.5. The molecule has 0 amide bonds. The Hall–Kier alpha value is -0.620. The molecular formula is C13H23ClN4O. The van der Waals surface area contributed by atoms with E-state index >= 15 is 0 Å². The summed E-state index contributed by atoms with van der Waals surface area (Å²) in [7, 11) is 1.86. The molecule has 1 aromatic rings. The van der Waals surface area contributed by atoms with Crippen molar-refractivity contribution < 1.29 is 4.74 Å². The molecule has 0 radical (unpaired) electrons. The summed E-state index contributed by atoms with van der Waals surface area (Å²) in [5.41, 5.74) is 4.95. The van der Waals surface area contributed by atoms with Crippen LogP contribution in [0.1, 0.15) is 36.9 Å². The standard InChI is InChI=1S/C13H23ClN4O/c1-9-12(13(14)18(2)17-9)8-10(16-15)5-6-11-4-3-7-19-11/h10-11,16H,3-8,15H2,1-2H3. The molecule has 2 heterocycles. The highest BCUT2D eigenvalue weighted by Crippen LogP contribution is 2.23. The van der Waals surface area contributed by atoms with Crippen LogP contribution in [0.5, 0.6) is 0 Å². The molecule has 1 aliphatic rings. The molecule has 2 atom stereocenters. The topological polar surface area (TPSA) is 65.1 Å². The fourth-order valence-corrected chi connectivity index (χ4v) is 2.91. The smallest absolute Gasteiger partial charge is 0.130 e. The lowest BCUT2D eigenvalue weighted by Crippen LogP contribution is -2.37. The molecule has 0 saturated carbocycles. The zero-order valence-corrected chi connectivity index (χ0v) is 12.4. The molecule has 108 valence electrons. The monoisotopic (exact) mass is 286 g/mol. The zero-order valence-electron chi connectivity index (χ0n) is 11.7. The fourth-order valence-electron chi connectivity index (χ4n) is 2.66. The van der Waals surface area contributed by atoms with Crippen molar-refractivity contribution in [3.63, 3.8) is 0 Å². The summed E-state index contributed by atoms with van der Waals surface area (Å²) in [6.45, 7) is 2.88. The van der Waals surface area contributed by atoms with Crippen LogP contribution in [0.3, 0.4) is 0 Å². The first-order chi connectivity index (χ1) is 9.11. The van der Waals surface area contributed by atoms with Gasteiger partial charge in [0.2, 0.25) is 0 Å². The molecule has 3 N–H and O–H groups in total. The van der Waals surface area contributed by atoms with Gasteiger partial charge in [0.05, 0.1) is 11.8 Å². The summed E-state index contributed by atoms with van der Waals surface area (Å²) in [4.78, 5) is 0. The van der Waals surface area contributed by atoms with Crippen LogP contribution in [-0.2, 0) is 18.2 Å². The van der Waals surface area contributed by atoms with Crippen molar-refractivity contribution in [2.45, 2.75) is 51.2 Å². The van der Waals surface area contributed by atoms with Crippen molar-refractivity contribution in [2.75, 3.05) is 6.61 Å². The molecule has 19 heavy (non-hydrogen) atoms. The largest absolute Gasteiger partial charge is 0.378 e. The van der Waals surface area contributed by atoms with E-state index in [-0.39, 0.29) is 6.04 Å². The molecule has 2 unspecified atom stereocenters. The average molecular weight is 287 g/mol. The number of ether oxygens (including phenoxy) is 1. The second kappa shape index (κ2) is 6.70. The van der Waals surface area contributed by atoms with Crippen molar-refractivity contribution in [2.24, 2.45) is 12.9 Å². The molecule has 1 aromatic heterocycles. The van der Waals surface area contributed by atoms with Crippen LogP contribution in [0.15, 0.2) is 0 Å². The number of aromatic nitrogens is 2. The number of nitrogens with two attached hydrogens (primary N) is 1. The number of halogens is 1. The summed E-state index contributed by atoms with van der Waals surface area (Å²) in [6, 6.07) is 0.213. The predicted molar refractivity (Wildman–Crippen MR) is 76.0 cm³/mol. The Morgan fingerprint density at radius 2 is 2.42 bits per heavy atom. The third-order valence-electron chi connectivity index (χ3n) is 3.82. The number of nitrogens with one attached hydrogen (secondary N) is 1. The van der Waals surface area contributed by atoms with Gasteiger partial charge in [-0.05, 0) is 39.0 Å². The molecule has 2 rings (SSSR count). The lowest BCUT2D eigenvalue weighted by atomic mass is 10.0. The van der Waals surface area contributed by atoms with E-state index in [1.165, 1.54) is 12.8 Å². The van der Waals surface area contributed by atoms with Gasteiger partial charge in [0.25, 0.3) is 0 Å². The Labute approximate surface area is 119 Å². The van der Waals surface area contributed by atoms with Crippen molar-refractivity contribution >= 4 is 11.6 Å². The maximum atomic E-state index is 6.25. The van der Waals surface area contributed by atoms with Gasteiger partial charge in [-0.1, -0.05) is 11.6 Å². The van der Waals surface area contributed by atoms with Gasteiger partial charge in [0, 0.05) is 25.3 Å². The Bertz CT molecular complexity index is 415. The SMILES string of the molecule is Cc1nn(C)c(Cl)c1CC(CCC1CCCO1)NN. The number of hydrogen-bond acceptors (Lipinski definition) is 4. The van der Waals surface area contributed by atoms with E-state index in [1.54, 1.807) is 4.68 Å². The van der Waals surface area contributed by atoms with Gasteiger partial charge in [-0.2, -0.15) is 5.10 Å². The van der Waals surface area contributed by atoms with Crippen LogP contribution in [0, 0.1) is 6.92 Å². The van der Waals surface area contributed by atoms with E-state index in [4.69, 9.17) is 22.2 Å². The van der Waals surface area contributed by atoms with Gasteiger partial charge in [0.15, 0.2) is 0 Å². The number of nitrogens with zero attached hydrogens (tertiary/aromatic N) is 2. The molecule has 1 fully saturated rings. The molecule has 0 bridgehead atoms. The Kier molecular flexibility index (Phi) is 5.21. The normalized spacial score (nSPS) is 20.9. The van der Waals surface area contributed by atoms with E-state index in [2.05, 4.69) is 10.5 Å². The van der Waals surface area contributed by atoms with E-state index < -0.39 is 0 Å². The summed E-state index contributed by atoms with van der Waals surface area (Å²) in [5.74, 6) is 5.65. The van der Waals surface area contributed by atoms with Gasteiger partial charge >= 0.3 is 0 Å². The van der Waals surface area contributed by atoms with Crippen LogP contribution in [0.4, 0.5) is 0 Å². The maximum absolute atomic E-state index is 6.25. The summed E-state index contributed by atoms with van der Waals surface area (Å²) >= 11 is 6.25. The lowest BCUT2D eigenvalue weighted by Gasteiger charge is -2.18. The van der Waals surface area contributed by atoms with Crippen molar-refractivity contribution in [3.05, 3.63) is 16.4 Å². The first-order valence-corrected chi connectivity index (χ1v) is 7.25. The van der Waals surface area contributed by atoms with Crippen molar-refractivity contribution in [1.29, 1.82) is 0 Å². The number of rotatable bonds is 6. The maximum Gasteiger partial charge on any atom is 0.130 e. The van der Waals surface area contributed by atoms with Crippen molar-refractivity contribution in [3.8, 4) is 0 Å². The second-order valence-corrected chi connectivity index (χ2v) is 5.62. The minimum Gasteiger partial charge on any atom is -0.378 e. The van der Waals surface area contributed by atoms with E-state index in [1.807, 2.05) is 14.0 Å². The van der Waals surface area contributed by atoms with Gasteiger partial charge in [0.1, 0.15) is 5.15 Å². The second-order valence-electron chi connectivity index (χ2n) is 5.26. The molecule has 1 aliphatic heterocycles. The minimum absolute atomic E-state index is 0.213. The molecule has 6 heteroatoms. The third-order valence-corrected chi connectivity index (χ3v) is 4.29. The van der Waals surface area contributed by atoms with Crippen LogP contribution in [0.25, 0.3) is 0 Å². The van der Waals surface area contributed by atoms with E-state index in [0.29, 0.717) is 11.3 Å². The van der Waals surface area contributed by atoms with Crippen molar-refractivity contribution in [1.82, 2.24) is 15.2 Å². The Morgan fingerprint density at radius 1 is 1.63 bits per heavy atom. The molecule has 0 spiro atoms. The number of hydrazine groups is 1. The highest BCUT2D eigenvalue weighted by molar-refractivity contribution is 6.30. The van der Waals surface area contributed by atoms with Crippen LogP contribution < -0.4 is 11.3 Å². The first-order valence-electron chi connectivity index (χ1n) is 6.87. The first kappa shape index (κ1) is 14.8. The minimum atomic E-state index is 0.213. The molecule has 0 aliphatic carbocycles. The molecular weight excluding hydrogens is 264 g/mol. The van der Waals surface area contributed by atoms with Gasteiger partial charge in [-0.25, -0.2) is 0 Å². The number of hydrogen-bond donors (Lipinski definition) is 2. The van der Waals surface area contributed by atoms with Crippen LogP contribution in [0.2, 0.25) is 5.15 Å². The molecule has 1 saturated heterocycles. The predicted octanol–water partition coefficient (Wildman–Crippen LogP) is 1.72. The Balaban J connectivity index is 1.90. The third kappa shape index (κ3) is 3.69. The van der Waals surface area contributed by atoms with Gasteiger partial charge in [-0.3, -0.25) is 16.0 Å². The van der Waals surface area contributed by atoms with E-state index in [9.17, 15) is 0 Å². The summed E-state index contributed by atoms with van der Waals surface area (Å²) in [6.07, 6.45) is 5.60. The van der Waals surface area contributed by atoms with Crippen LogP contribution >= 0.6 is 11.6 Å². The molecule has 5 nitrogen and oxygen atoms in total.